The third kappa shape index (κ3) is 5.80. The SMILES string of the molecule is COc1ccccc1CCC(=O)N(C)CC(=O)Nc1ccc(Cl)cc1. The Labute approximate surface area is 152 Å². The predicted molar refractivity (Wildman–Crippen MR) is 99.0 cm³/mol. The highest BCUT2D eigenvalue weighted by Crippen LogP contribution is 2.19. The number of methoxy groups -OCH3 is 1. The fraction of sp³-hybridized carbons (Fsp3) is 0.263. The zero-order valence-electron chi connectivity index (χ0n) is 14.3. The van der Waals surface area contributed by atoms with Gasteiger partial charge in [-0.2, -0.15) is 0 Å². The van der Waals surface area contributed by atoms with E-state index < -0.39 is 0 Å². The van der Waals surface area contributed by atoms with Crippen LogP contribution in [-0.4, -0.2) is 37.4 Å². The lowest BCUT2D eigenvalue weighted by molar-refractivity contribution is -0.133. The molecule has 0 heterocycles. The van der Waals surface area contributed by atoms with E-state index in [1.807, 2.05) is 24.3 Å². The summed E-state index contributed by atoms with van der Waals surface area (Å²) in [4.78, 5) is 25.7. The van der Waals surface area contributed by atoms with Crippen molar-refractivity contribution in [3.8, 4) is 5.75 Å². The Morgan fingerprint density at radius 1 is 1.12 bits per heavy atom. The van der Waals surface area contributed by atoms with Crippen molar-refractivity contribution < 1.29 is 14.3 Å². The second kappa shape index (κ2) is 9.08. The van der Waals surface area contributed by atoms with Gasteiger partial charge in [0.2, 0.25) is 11.8 Å². The van der Waals surface area contributed by atoms with Crippen LogP contribution in [0.4, 0.5) is 5.69 Å². The van der Waals surface area contributed by atoms with Gasteiger partial charge < -0.3 is 15.0 Å². The number of halogens is 1. The summed E-state index contributed by atoms with van der Waals surface area (Å²) in [6, 6.07) is 14.4. The molecule has 5 nitrogen and oxygen atoms in total. The van der Waals surface area contributed by atoms with E-state index in [0.717, 1.165) is 11.3 Å². The van der Waals surface area contributed by atoms with Gasteiger partial charge in [-0.15, -0.1) is 0 Å². The predicted octanol–water partition coefficient (Wildman–Crippen LogP) is 3.38. The Bertz CT molecular complexity index is 732. The molecule has 0 unspecified atom stereocenters. The van der Waals surface area contributed by atoms with Crippen LogP contribution in [0.5, 0.6) is 5.75 Å². The molecule has 0 radical (unpaired) electrons. The molecular weight excluding hydrogens is 340 g/mol. The number of carbonyl (C=O) groups excluding carboxylic acids is 2. The number of nitrogens with one attached hydrogen (secondary N) is 1. The molecule has 0 aromatic heterocycles. The lowest BCUT2D eigenvalue weighted by atomic mass is 10.1. The first kappa shape index (κ1) is 18.8. The van der Waals surface area contributed by atoms with Crippen molar-refractivity contribution >= 4 is 29.1 Å². The number of hydrogen-bond donors (Lipinski definition) is 1. The summed E-state index contributed by atoms with van der Waals surface area (Å²) in [5.74, 6) is 0.408. The van der Waals surface area contributed by atoms with Gasteiger partial charge >= 0.3 is 0 Å². The molecule has 0 aliphatic rings. The molecule has 0 spiro atoms. The normalized spacial score (nSPS) is 10.2. The van der Waals surface area contributed by atoms with E-state index in [1.54, 1.807) is 38.4 Å². The summed E-state index contributed by atoms with van der Waals surface area (Å²) in [6.07, 6.45) is 0.872. The maximum atomic E-state index is 12.2. The topological polar surface area (TPSA) is 58.6 Å². The first-order valence-electron chi connectivity index (χ1n) is 7.91. The number of amides is 2. The number of nitrogens with zero attached hydrogens (tertiary/aromatic N) is 1. The summed E-state index contributed by atoms with van der Waals surface area (Å²) < 4.78 is 5.28. The van der Waals surface area contributed by atoms with Crippen molar-refractivity contribution in [1.29, 1.82) is 0 Å². The second-order valence-electron chi connectivity index (χ2n) is 5.62. The number of carbonyl (C=O) groups is 2. The lowest BCUT2D eigenvalue weighted by Gasteiger charge is -2.17. The Hall–Kier alpha value is -2.53. The number of hydrogen-bond acceptors (Lipinski definition) is 3. The first-order chi connectivity index (χ1) is 12.0. The van der Waals surface area contributed by atoms with E-state index in [9.17, 15) is 9.59 Å². The largest absolute Gasteiger partial charge is 0.496 e. The van der Waals surface area contributed by atoms with Crippen molar-refractivity contribution in [3.63, 3.8) is 0 Å². The van der Waals surface area contributed by atoms with E-state index in [1.165, 1.54) is 4.90 Å². The van der Waals surface area contributed by atoms with Gasteiger partial charge in [-0.05, 0) is 42.3 Å². The summed E-state index contributed by atoms with van der Waals surface area (Å²) in [6.45, 7) is -0.00656. The van der Waals surface area contributed by atoms with Crippen molar-refractivity contribution in [1.82, 2.24) is 4.90 Å². The molecule has 2 aromatic rings. The fourth-order valence-electron chi connectivity index (χ4n) is 2.38. The van der Waals surface area contributed by atoms with E-state index in [2.05, 4.69) is 5.32 Å². The standard InChI is InChI=1S/C19H21ClN2O3/c1-22(13-18(23)21-16-10-8-15(20)9-11-16)19(24)12-7-14-5-3-4-6-17(14)25-2/h3-6,8-11H,7,12-13H2,1-2H3,(H,21,23). The average Bonchev–Trinajstić information content (AvgIpc) is 2.61. The van der Waals surface area contributed by atoms with Crippen LogP contribution in [0.15, 0.2) is 48.5 Å². The number of aryl methyl sites for hydroxylation is 1. The van der Waals surface area contributed by atoms with E-state index in [-0.39, 0.29) is 18.4 Å². The van der Waals surface area contributed by atoms with Gasteiger partial charge in [0.1, 0.15) is 5.75 Å². The van der Waals surface area contributed by atoms with Gasteiger partial charge in [0.15, 0.2) is 0 Å². The Morgan fingerprint density at radius 2 is 1.80 bits per heavy atom. The van der Waals surface area contributed by atoms with E-state index >= 15 is 0 Å². The minimum atomic E-state index is -0.254. The number of likely N-dealkylation sites (N-methyl/N-ethyl adjacent to an activating group) is 1. The van der Waals surface area contributed by atoms with Crippen LogP contribution in [0.1, 0.15) is 12.0 Å². The fourth-order valence-corrected chi connectivity index (χ4v) is 2.51. The van der Waals surface area contributed by atoms with E-state index in [0.29, 0.717) is 23.6 Å². The van der Waals surface area contributed by atoms with Gasteiger partial charge in [-0.25, -0.2) is 0 Å². The van der Waals surface area contributed by atoms with Crippen molar-refractivity contribution in [2.24, 2.45) is 0 Å². The molecule has 0 aliphatic carbocycles. The monoisotopic (exact) mass is 360 g/mol. The molecule has 25 heavy (non-hydrogen) atoms. The van der Waals surface area contributed by atoms with Crippen molar-refractivity contribution in [2.75, 3.05) is 26.0 Å². The zero-order valence-corrected chi connectivity index (χ0v) is 15.0. The van der Waals surface area contributed by atoms with Gasteiger partial charge in [-0.3, -0.25) is 9.59 Å². The van der Waals surface area contributed by atoms with Crippen LogP contribution in [-0.2, 0) is 16.0 Å². The molecular formula is C19H21ClN2O3. The highest BCUT2D eigenvalue weighted by Gasteiger charge is 2.14. The third-order valence-corrected chi connectivity index (χ3v) is 3.99. The van der Waals surface area contributed by atoms with Crippen LogP contribution >= 0.6 is 11.6 Å². The Morgan fingerprint density at radius 3 is 2.48 bits per heavy atom. The molecule has 0 aliphatic heterocycles. The molecule has 6 heteroatoms. The van der Waals surface area contributed by atoms with Gasteiger partial charge in [0.25, 0.3) is 0 Å². The Kier molecular flexibility index (Phi) is 6.83. The van der Waals surface area contributed by atoms with Gasteiger partial charge in [-0.1, -0.05) is 29.8 Å². The highest BCUT2D eigenvalue weighted by atomic mass is 35.5. The van der Waals surface area contributed by atoms with Crippen LogP contribution in [0.2, 0.25) is 5.02 Å². The van der Waals surface area contributed by atoms with E-state index in [4.69, 9.17) is 16.3 Å². The van der Waals surface area contributed by atoms with Gasteiger partial charge in [0.05, 0.1) is 13.7 Å². The molecule has 1 N–H and O–H groups in total. The molecule has 2 aromatic carbocycles. The number of rotatable bonds is 7. The molecule has 0 bridgehead atoms. The second-order valence-corrected chi connectivity index (χ2v) is 6.05. The quantitative estimate of drug-likeness (QED) is 0.823. The molecule has 0 saturated carbocycles. The summed E-state index contributed by atoms with van der Waals surface area (Å²) in [7, 11) is 3.22. The van der Waals surface area contributed by atoms with Crippen molar-refractivity contribution in [2.45, 2.75) is 12.8 Å². The average molecular weight is 361 g/mol. The zero-order chi connectivity index (χ0) is 18.2. The Balaban J connectivity index is 1.83. The van der Waals surface area contributed by atoms with Gasteiger partial charge in [0, 0.05) is 24.2 Å². The number of para-hydroxylation sites is 1. The summed E-state index contributed by atoms with van der Waals surface area (Å²) >= 11 is 5.81. The first-order valence-corrected chi connectivity index (χ1v) is 8.28. The smallest absolute Gasteiger partial charge is 0.243 e. The van der Waals surface area contributed by atoms with Crippen LogP contribution in [0, 0.1) is 0 Å². The summed E-state index contributed by atoms with van der Waals surface area (Å²) in [5.41, 5.74) is 1.61. The lowest BCUT2D eigenvalue weighted by Crippen LogP contribution is -2.35. The maximum absolute atomic E-state index is 12.2. The molecule has 0 saturated heterocycles. The molecule has 0 atom stereocenters. The minimum absolute atomic E-state index is 0.00656. The van der Waals surface area contributed by atoms with Crippen LogP contribution in [0.25, 0.3) is 0 Å². The molecule has 0 fully saturated rings. The molecule has 2 rings (SSSR count). The van der Waals surface area contributed by atoms with Crippen molar-refractivity contribution in [3.05, 3.63) is 59.1 Å². The molecule has 2 amide bonds. The minimum Gasteiger partial charge on any atom is -0.496 e. The number of anilines is 1. The third-order valence-electron chi connectivity index (χ3n) is 3.74. The molecule has 132 valence electrons. The highest BCUT2D eigenvalue weighted by molar-refractivity contribution is 6.30. The summed E-state index contributed by atoms with van der Waals surface area (Å²) in [5, 5.41) is 3.33. The number of ether oxygens (including phenoxy) is 1. The number of benzene rings is 2. The van der Waals surface area contributed by atoms with Crippen LogP contribution in [0.3, 0.4) is 0 Å². The maximum Gasteiger partial charge on any atom is 0.243 e. The van der Waals surface area contributed by atoms with Crippen LogP contribution < -0.4 is 10.1 Å².